The molecule has 35 heavy (non-hydrogen) atoms. The molecule has 4 aromatic rings. The van der Waals surface area contributed by atoms with Gasteiger partial charge in [0.25, 0.3) is 11.7 Å². The Morgan fingerprint density at radius 1 is 0.914 bits per heavy atom. The summed E-state index contributed by atoms with van der Waals surface area (Å²) < 4.78 is 5.69. The van der Waals surface area contributed by atoms with Gasteiger partial charge in [-0.2, -0.15) is 0 Å². The van der Waals surface area contributed by atoms with Crippen molar-refractivity contribution in [1.29, 1.82) is 0 Å². The number of aryl methyl sites for hydroxylation is 1. The second-order valence-corrected chi connectivity index (χ2v) is 8.54. The summed E-state index contributed by atoms with van der Waals surface area (Å²) in [6.07, 6.45) is 0. The zero-order chi connectivity index (χ0) is 24.5. The summed E-state index contributed by atoms with van der Waals surface area (Å²) in [4.78, 5) is 28.4. The average molecular weight is 464 g/mol. The third-order valence-corrected chi connectivity index (χ3v) is 6.25. The summed E-state index contributed by atoms with van der Waals surface area (Å²) in [5.41, 5.74) is 2.80. The van der Waals surface area contributed by atoms with E-state index in [1.807, 2.05) is 92.7 Å². The van der Waals surface area contributed by atoms with Crippen molar-refractivity contribution in [1.82, 2.24) is 0 Å². The molecule has 0 aliphatic carbocycles. The fraction of sp³-hybridized carbons (Fsp3) is 0.133. The van der Waals surface area contributed by atoms with E-state index < -0.39 is 17.7 Å². The van der Waals surface area contributed by atoms with Gasteiger partial charge in [-0.15, -0.1) is 0 Å². The molecule has 1 heterocycles. The Morgan fingerprint density at radius 3 is 2.46 bits per heavy atom. The molecule has 174 valence electrons. The first-order valence-corrected chi connectivity index (χ1v) is 11.6. The third-order valence-electron chi connectivity index (χ3n) is 6.25. The summed E-state index contributed by atoms with van der Waals surface area (Å²) in [7, 11) is 0. The lowest BCUT2D eigenvalue weighted by Crippen LogP contribution is -2.29. The standard InChI is InChI=1S/C30H25NO4/c1-3-35-23-14-7-12-21(18-23)27-26(28(32)25-16-8-11-20-10-4-5-15-24(20)25)29(33)30(34)31(27)22-13-6-9-19(2)17-22/h4-18,27,32H,3H2,1-2H3/b28-26-. The van der Waals surface area contributed by atoms with Crippen LogP contribution in [0.2, 0.25) is 0 Å². The van der Waals surface area contributed by atoms with Gasteiger partial charge >= 0.3 is 0 Å². The second kappa shape index (κ2) is 9.11. The SMILES string of the molecule is CCOc1cccc(C2/C(=C(/O)c3cccc4ccccc34)C(=O)C(=O)N2c2cccc(C)c2)c1. The van der Waals surface area contributed by atoms with Gasteiger partial charge in [0.05, 0.1) is 18.2 Å². The number of hydrogen-bond acceptors (Lipinski definition) is 4. The van der Waals surface area contributed by atoms with E-state index in [2.05, 4.69) is 0 Å². The van der Waals surface area contributed by atoms with Crippen LogP contribution in [0.3, 0.4) is 0 Å². The number of fused-ring (bicyclic) bond motifs is 1. The molecule has 1 aliphatic rings. The topological polar surface area (TPSA) is 66.8 Å². The highest BCUT2D eigenvalue weighted by molar-refractivity contribution is 6.51. The quantitative estimate of drug-likeness (QED) is 0.218. The Balaban J connectivity index is 1.77. The van der Waals surface area contributed by atoms with E-state index in [4.69, 9.17) is 4.74 Å². The highest BCUT2D eigenvalue weighted by Gasteiger charge is 2.47. The van der Waals surface area contributed by atoms with Crippen LogP contribution in [0.5, 0.6) is 5.75 Å². The van der Waals surface area contributed by atoms with Crippen molar-refractivity contribution < 1.29 is 19.4 Å². The number of aliphatic hydroxyl groups excluding tert-OH is 1. The van der Waals surface area contributed by atoms with Crippen LogP contribution in [0.15, 0.2) is 96.6 Å². The van der Waals surface area contributed by atoms with E-state index in [-0.39, 0.29) is 11.3 Å². The van der Waals surface area contributed by atoms with Crippen LogP contribution in [0.25, 0.3) is 16.5 Å². The highest BCUT2D eigenvalue weighted by atomic mass is 16.5. The van der Waals surface area contributed by atoms with Crippen molar-refractivity contribution in [2.45, 2.75) is 19.9 Å². The number of carbonyl (C=O) groups is 2. The van der Waals surface area contributed by atoms with Gasteiger partial charge in [-0.25, -0.2) is 0 Å². The predicted octanol–water partition coefficient (Wildman–Crippen LogP) is 6.17. The Bertz CT molecular complexity index is 1480. The molecular formula is C30H25NO4. The first-order valence-electron chi connectivity index (χ1n) is 11.6. The number of rotatable bonds is 5. The lowest BCUT2D eigenvalue weighted by molar-refractivity contribution is -0.132. The number of nitrogens with zero attached hydrogens (tertiary/aromatic N) is 1. The van der Waals surface area contributed by atoms with E-state index in [0.717, 1.165) is 16.3 Å². The molecule has 1 N–H and O–H groups in total. The predicted molar refractivity (Wildman–Crippen MR) is 138 cm³/mol. The lowest BCUT2D eigenvalue weighted by Gasteiger charge is -2.26. The third kappa shape index (κ3) is 3.95. The van der Waals surface area contributed by atoms with Crippen molar-refractivity contribution >= 4 is 33.9 Å². The smallest absolute Gasteiger partial charge is 0.300 e. The number of ether oxygens (including phenoxy) is 1. The van der Waals surface area contributed by atoms with E-state index in [1.54, 1.807) is 12.1 Å². The van der Waals surface area contributed by atoms with Crippen LogP contribution in [-0.4, -0.2) is 23.4 Å². The molecule has 5 nitrogen and oxygen atoms in total. The second-order valence-electron chi connectivity index (χ2n) is 8.54. The van der Waals surface area contributed by atoms with Crippen LogP contribution in [0.4, 0.5) is 5.69 Å². The van der Waals surface area contributed by atoms with Gasteiger partial charge < -0.3 is 9.84 Å². The minimum absolute atomic E-state index is 0.0570. The first kappa shape index (κ1) is 22.4. The molecule has 4 aromatic carbocycles. The molecule has 1 amide bonds. The number of ketones is 1. The number of benzene rings is 4. The van der Waals surface area contributed by atoms with Gasteiger partial charge in [0.1, 0.15) is 11.5 Å². The van der Waals surface area contributed by atoms with E-state index in [9.17, 15) is 14.7 Å². The number of anilines is 1. The van der Waals surface area contributed by atoms with Crippen LogP contribution in [0.1, 0.15) is 29.7 Å². The summed E-state index contributed by atoms with van der Waals surface area (Å²) >= 11 is 0. The van der Waals surface area contributed by atoms with Crippen molar-refractivity contribution in [3.8, 4) is 5.75 Å². The fourth-order valence-corrected chi connectivity index (χ4v) is 4.71. The molecular weight excluding hydrogens is 438 g/mol. The first-order chi connectivity index (χ1) is 17.0. The van der Waals surface area contributed by atoms with E-state index in [0.29, 0.717) is 29.2 Å². The summed E-state index contributed by atoms with van der Waals surface area (Å²) in [6, 6.07) is 27.1. The van der Waals surface area contributed by atoms with Gasteiger partial charge in [-0.3, -0.25) is 14.5 Å². The summed E-state index contributed by atoms with van der Waals surface area (Å²) in [5, 5.41) is 13.3. The Hall–Kier alpha value is -4.38. The average Bonchev–Trinajstić information content (AvgIpc) is 3.14. The number of carbonyl (C=O) groups excluding carboxylic acids is 2. The van der Waals surface area contributed by atoms with Gasteiger partial charge in [-0.1, -0.05) is 66.7 Å². The maximum absolute atomic E-state index is 13.5. The monoisotopic (exact) mass is 463 g/mol. The molecule has 1 aliphatic heterocycles. The minimum atomic E-state index is -0.809. The molecule has 5 rings (SSSR count). The van der Waals surface area contributed by atoms with Crippen LogP contribution < -0.4 is 9.64 Å². The Morgan fingerprint density at radius 2 is 1.66 bits per heavy atom. The maximum atomic E-state index is 13.5. The highest BCUT2D eigenvalue weighted by Crippen LogP contribution is 2.43. The Kier molecular flexibility index (Phi) is 5.83. The van der Waals surface area contributed by atoms with E-state index >= 15 is 0 Å². The van der Waals surface area contributed by atoms with Crippen molar-refractivity contribution in [2.75, 3.05) is 11.5 Å². The molecule has 0 bridgehead atoms. The van der Waals surface area contributed by atoms with Gasteiger partial charge in [0.15, 0.2) is 0 Å². The minimum Gasteiger partial charge on any atom is -0.507 e. The van der Waals surface area contributed by atoms with Crippen LogP contribution >= 0.6 is 0 Å². The maximum Gasteiger partial charge on any atom is 0.300 e. The molecule has 0 radical (unpaired) electrons. The van der Waals surface area contributed by atoms with Crippen LogP contribution in [0, 0.1) is 6.92 Å². The molecule has 5 heteroatoms. The molecule has 0 saturated carbocycles. The largest absolute Gasteiger partial charge is 0.507 e. The molecule has 1 saturated heterocycles. The molecule has 0 aromatic heterocycles. The van der Waals surface area contributed by atoms with Crippen molar-refractivity contribution in [3.63, 3.8) is 0 Å². The molecule has 0 spiro atoms. The van der Waals surface area contributed by atoms with Crippen LogP contribution in [-0.2, 0) is 9.59 Å². The molecule has 1 unspecified atom stereocenters. The number of Topliss-reactive ketones (excluding diaryl/α,β-unsaturated/α-hetero) is 1. The zero-order valence-electron chi connectivity index (χ0n) is 19.6. The van der Waals surface area contributed by atoms with Gasteiger partial charge in [0, 0.05) is 11.3 Å². The van der Waals surface area contributed by atoms with Crippen molar-refractivity contribution in [3.05, 3.63) is 113 Å². The number of hydrogen-bond donors (Lipinski definition) is 1. The fourth-order valence-electron chi connectivity index (χ4n) is 4.71. The van der Waals surface area contributed by atoms with Gasteiger partial charge in [-0.05, 0) is 60.0 Å². The normalized spacial score (nSPS) is 17.2. The molecule has 1 atom stereocenters. The summed E-state index contributed by atoms with van der Waals surface area (Å²) in [6.45, 7) is 4.31. The summed E-state index contributed by atoms with van der Waals surface area (Å²) in [5.74, 6) is -0.958. The number of aliphatic hydroxyl groups is 1. The van der Waals surface area contributed by atoms with E-state index in [1.165, 1.54) is 4.90 Å². The zero-order valence-corrected chi connectivity index (χ0v) is 19.6. The Labute approximate surface area is 203 Å². The number of amides is 1. The van der Waals surface area contributed by atoms with Gasteiger partial charge in [0.2, 0.25) is 0 Å². The van der Waals surface area contributed by atoms with Crippen molar-refractivity contribution in [2.24, 2.45) is 0 Å². The molecule has 1 fully saturated rings. The lowest BCUT2D eigenvalue weighted by atomic mass is 9.93.